The fourth-order valence-corrected chi connectivity index (χ4v) is 2.40. The highest BCUT2D eigenvalue weighted by Gasteiger charge is 2.19. The molecule has 0 radical (unpaired) electrons. The van der Waals surface area contributed by atoms with Crippen LogP contribution in [0.5, 0.6) is 0 Å². The number of H-pyrrole nitrogens is 1. The first-order valence-electron chi connectivity index (χ1n) is 5.08. The van der Waals surface area contributed by atoms with Crippen LogP contribution in [-0.2, 0) is 16.1 Å². The van der Waals surface area contributed by atoms with Gasteiger partial charge >= 0.3 is 0 Å². The summed E-state index contributed by atoms with van der Waals surface area (Å²) in [5, 5.41) is 0. The van der Waals surface area contributed by atoms with Crippen molar-refractivity contribution in [1.29, 1.82) is 0 Å². The van der Waals surface area contributed by atoms with Crippen LogP contribution in [0.2, 0.25) is 0 Å². The quantitative estimate of drug-likeness (QED) is 0.846. The number of thioether (sulfide) groups is 1. The third kappa shape index (κ3) is 2.84. The van der Waals surface area contributed by atoms with E-state index in [2.05, 4.69) is 9.97 Å². The number of nitrogens with one attached hydrogen (secondary N) is 1. The molecular weight excluding hydrogens is 228 g/mol. The average molecular weight is 242 g/mol. The molecule has 0 aromatic carbocycles. The lowest BCUT2D eigenvalue weighted by atomic mass is 10.3. The van der Waals surface area contributed by atoms with Gasteiger partial charge in [0.1, 0.15) is 11.9 Å². The predicted octanol–water partition coefficient (Wildman–Crippen LogP) is 0.721. The lowest BCUT2D eigenvalue weighted by Crippen LogP contribution is -2.22. The van der Waals surface area contributed by atoms with E-state index in [1.54, 1.807) is 18.9 Å². The molecular formula is C10H14N2O3S. The summed E-state index contributed by atoms with van der Waals surface area (Å²) >= 11 is 1.80. The lowest BCUT2D eigenvalue weighted by molar-refractivity contribution is 0.0686. The van der Waals surface area contributed by atoms with Crippen LogP contribution >= 0.6 is 11.8 Å². The number of aromatic nitrogens is 2. The average Bonchev–Trinajstić information content (AvgIpc) is 2.30. The van der Waals surface area contributed by atoms with Crippen LogP contribution < -0.4 is 5.56 Å². The maximum absolute atomic E-state index is 11.4. The molecule has 0 spiro atoms. The maximum atomic E-state index is 11.4. The summed E-state index contributed by atoms with van der Waals surface area (Å²) in [5.41, 5.74) is 0.483. The molecule has 0 saturated carbocycles. The van der Waals surface area contributed by atoms with Gasteiger partial charge in [0.2, 0.25) is 0 Å². The standard InChI is InChI=1S/C10H14N2O3S/c1-14-5-7-4-9(13)12-10(11-7)8-6-16-3-2-15-8/h4,8H,2-3,5-6H2,1H3,(H,11,12,13). The second kappa shape index (κ2) is 5.47. The summed E-state index contributed by atoms with van der Waals surface area (Å²) in [7, 11) is 1.58. The normalized spacial score (nSPS) is 20.9. The van der Waals surface area contributed by atoms with Gasteiger partial charge in [0, 0.05) is 24.7 Å². The molecule has 1 aromatic rings. The van der Waals surface area contributed by atoms with E-state index in [0.717, 1.165) is 11.5 Å². The van der Waals surface area contributed by atoms with Gasteiger partial charge in [-0.05, 0) is 0 Å². The highest BCUT2D eigenvalue weighted by molar-refractivity contribution is 7.99. The fraction of sp³-hybridized carbons (Fsp3) is 0.600. The Morgan fingerprint density at radius 3 is 3.31 bits per heavy atom. The highest BCUT2D eigenvalue weighted by Crippen LogP contribution is 2.23. The second-order valence-electron chi connectivity index (χ2n) is 3.49. The number of hydrogen-bond donors (Lipinski definition) is 1. The van der Waals surface area contributed by atoms with Crippen LogP contribution in [0.4, 0.5) is 0 Å². The van der Waals surface area contributed by atoms with Gasteiger partial charge in [0.15, 0.2) is 0 Å². The zero-order valence-corrected chi connectivity index (χ0v) is 9.88. The summed E-state index contributed by atoms with van der Waals surface area (Å²) < 4.78 is 10.5. The number of ether oxygens (including phenoxy) is 2. The van der Waals surface area contributed by atoms with Gasteiger partial charge in [-0.1, -0.05) is 0 Å². The summed E-state index contributed by atoms with van der Waals surface area (Å²) in [6.45, 7) is 1.05. The van der Waals surface area contributed by atoms with Gasteiger partial charge in [-0.2, -0.15) is 11.8 Å². The van der Waals surface area contributed by atoms with Crippen molar-refractivity contribution in [2.75, 3.05) is 25.2 Å². The summed E-state index contributed by atoms with van der Waals surface area (Å²) in [4.78, 5) is 18.5. The van der Waals surface area contributed by atoms with Gasteiger partial charge in [-0.25, -0.2) is 4.98 Å². The van der Waals surface area contributed by atoms with Gasteiger partial charge in [-0.3, -0.25) is 4.79 Å². The third-order valence-corrected chi connectivity index (χ3v) is 3.22. The minimum atomic E-state index is -0.156. The van der Waals surface area contributed by atoms with E-state index >= 15 is 0 Å². The zero-order chi connectivity index (χ0) is 11.4. The molecule has 5 nitrogen and oxygen atoms in total. The fourth-order valence-electron chi connectivity index (χ4n) is 1.55. The van der Waals surface area contributed by atoms with Crippen LogP contribution in [0.3, 0.4) is 0 Å². The Balaban J connectivity index is 2.21. The molecule has 1 aliphatic heterocycles. The number of hydrogen-bond acceptors (Lipinski definition) is 5. The number of aromatic amines is 1. The Morgan fingerprint density at radius 2 is 2.62 bits per heavy atom. The number of nitrogens with zero attached hydrogens (tertiary/aromatic N) is 1. The summed E-state index contributed by atoms with van der Waals surface area (Å²) in [6, 6.07) is 1.45. The first-order chi connectivity index (χ1) is 7.79. The van der Waals surface area contributed by atoms with E-state index in [4.69, 9.17) is 9.47 Å². The Kier molecular flexibility index (Phi) is 3.98. The first kappa shape index (κ1) is 11.6. The van der Waals surface area contributed by atoms with Crippen LogP contribution in [0.15, 0.2) is 10.9 Å². The van der Waals surface area contributed by atoms with E-state index in [-0.39, 0.29) is 11.7 Å². The number of rotatable bonds is 3. The molecule has 2 rings (SSSR count). The van der Waals surface area contributed by atoms with E-state index in [9.17, 15) is 4.79 Å². The van der Waals surface area contributed by atoms with Crippen LogP contribution in [0.25, 0.3) is 0 Å². The Morgan fingerprint density at radius 1 is 1.75 bits per heavy atom. The molecule has 1 unspecified atom stereocenters. The Bertz CT molecular complexity index is 401. The van der Waals surface area contributed by atoms with Gasteiger partial charge in [0.05, 0.1) is 18.9 Å². The zero-order valence-electron chi connectivity index (χ0n) is 9.06. The molecule has 0 aliphatic carbocycles. The molecule has 0 amide bonds. The molecule has 1 saturated heterocycles. The SMILES string of the molecule is COCc1cc(=O)[nH]c(C2CSCCO2)n1. The predicted molar refractivity (Wildman–Crippen MR) is 61.6 cm³/mol. The van der Waals surface area contributed by atoms with Gasteiger partial charge in [-0.15, -0.1) is 0 Å². The van der Waals surface area contributed by atoms with Gasteiger partial charge in [0.25, 0.3) is 5.56 Å². The summed E-state index contributed by atoms with van der Waals surface area (Å²) in [6.07, 6.45) is -0.108. The molecule has 1 atom stereocenters. The van der Waals surface area contributed by atoms with E-state index < -0.39 is 0 Å². The van der Waals surface area contributed by atoms with Crippen molar-refractivity contribution < 1.29 is 9.47 Å². The van der Waals surface area contributed by atoms with Crippen LogP contribution in [0, 0.1) is 0 Å². The van der Waals surface area contributed by atoms with E-state index in [0.29, 0.717) is 24.7 Å². The largest absolute Gasteiger partial charge is 0.378 e. The smallest absolute Gasteiger partial charge is 0.251 e. The molecule has 0 bridgehead atoms. The highest BCUT2D eigenvalue weighted by atomic mass is 32.2. The van der Waals surface area contributed by atoms with Crippen molar-refractivity contribution in [3.63, 3.8) is 0 Å². The van der Waals surface area contributed by atoms with Gasteiger partial charge < -0.3 is 14.5 Å². The van der Waals surface area contributed by atoms with E-state index in [1.165, 1.54) is 6.07 Å². The van der Waals surface area contributed by atoms with Crippen molar-refractivity contribution in [3.8, 4) is 0 Å². The van der Waals surface area contributed by atoms with Crippen molar-refractivity contribution >= 4 is 11.8 Å². The third-order valence-electron chi connectivity index (χ3n) is 2.23. The van der Waals surface area contributed by atoms with Crippen molar-refractivity contribution in [2.45, 2.75) is 12.7 Å². The van der Waals surface area contributed by atoms with Crippen LogP contribution in [-0.4, -0.2) is 35.2 Å². The topological polar surface area (TPSA) is 64.2 Å². The molecule has 16 heavy (non-hydrogen) atoms. The molecule has 1 N–H and O–H groups in total. The maximum Gasteiger partial charge on any atom is 0.251 e. The Labute approximate surface area is 97.6 Å². The molecule has 6 heteroatoms. The second-order valence-corrected chi connectivity index (χ2v) is 4.64. The lowest BCUT2D eigenvalue weighted by Gasteiger charge is -2.21. The first-order valence-corrected chi connectivity index (χ1v) is 6.23. The molecule has 1 aromatic heterocycles. The van der Waals surface area contributed by atoms with E-state index in [1.807, 2.05) is 0 Å². The molecule has 88 valence electrons. The van der Waals surface area contributed by atoms with Crippen LogP contribution in [0.1, 0.15) is 17.6 Å². The van der Waals surface area contributed by atoms with Crippen molar-refractivity contribution in [2.24, 2.45) is 0 Å². The van der Waals surface area contributed by atoms with Crippen molar-refractivity contribution in [3.05, 3.63) is 27.9 Å². The molecule has 1 fully saturated rings. The molecule has 2 heterocycles. The molecule has 1 aliphatic rings. The Hall–Kier alpha value is -0.850. The summed E-state index contributed by atoms with van der Waals surface area (Å²) in [5.74, 6) is 2.43. The minimum Gasteiger partial charge on any atom is -0.378 e. The van der Waals surface area contributed by atoms with Crippen molar-refractivity contribution in [1.82, 2.24) is 9.97 Å². The monoisotopic (exact) mass is 242 g/mol. The number of methoxy groups -OCH3 is 1. The minimum absolute atomic E-state index is 0.108.